The Morgan fingerprint density at radius 1 is 1.03 bits per heavy atom. The monoisotopic (exact) mass is 390 g/mol. The molecule has 1 saturated heterocycles. The molecule has 0 atom stereocenters. The number of benzene rings is 2. The van der Waals surface area contributed by atoms with Crippen LogP contribution in [0.1, 0.15) is 32.1 Å². The Morgan fingerprint density at radius 3 is 2.66 bits per heavy atom. The lowest BCUT2D eigenvalue weighted by molar-refractivity contribution is -0.116. The highest BCUT2D eigenvalue weighted by atomic mass is 16.1. The Hall–Kier alpha value is -2.99. The van der Waals surface area contributed by atoms with Crippen LogP contribution >= 0.6 is 0 Å². The van der Waals surface area contributed by atoms with E-state index in [9.17, 15) is 9.59 Å². The van der Waals surface area contributed by atoms with Gasteiger partial charge in [0.05, 0.1) is 11.1 Å². The van der Waals surface area contributed by atoms with E-state index in [2.05, 4.69) is 20.4 Å². The number of hydrogen-bond acceptors (Lipinski definition) is 4. The molecule has 0 aliphatic carbocycles. The fourth-order valence-corrected chi connectivity index (χ4v) is 3.93. The minimum atomic E-state index is -0.206. The molecule has 0 saturated carbocycles. The molecule has 0 bridgehead atoms. The molecule has 1 aliphatic rings. The molecule has 1 aromatic heterocycles. The molecule has 1 aliphatic heterocycles. The van der Waals surface area contributed by atoms with Crippen LogP contribution in [-0.4, -0.2) is 40.6 Å². The molecule has 6 nitrogen and oxygen atoms in total. The highest BCUT2D eigenvalue weighted by Gasteiger charge is 2.12. The minimum absolute atomic E-state index is 0.0304. The lowest BCUT2D eigenvalue weighted by Gasteiger charge is -2.13. The number of carbonyl (C=O) groups is 1. The third-order valence-corrected chi connectivity index (χ3v) is 5.44. The molecule has 29 heavy (non-hydrogen) atoms. The van der Waals surface area contributed by atoms with Crippen LogP contribution < -0.4 is 10.9 Å². The number of unbranched alkanes of at least 4 members (excludes halogenated alkanes) is 1. The van der Waals surface area contributed by atoms with E-state index in [1.54, 1.807) is 6.07 Å². The minimum Gasteiger partial charge on any atom is -0.326 e. The van der Waals surface area contributed by atoms with Crippen molar-refractivity contribution in [1.82, 2.24) is 15.1 Å². The van der Waals surface area contributed by atoms with Gasteiger partial charge in [-0.3, -0.25) is 9.59 Å². The SMILES string of the molecule is O=C(CCCCN1CCCC1)Nc1cccc(-c2n[nH]c(=O)c3ccccc23)c1. The van der Waals surface area contributed by atoms with Crippen LogP contribution in [0, 0.1) is 0 Å². The van der Waals surface area contributed by atoms with Crippen molar-refractivity contribution in [2.45, 2.75) is 32.1 Å². The van der Waals surface area contributed by atoms with Gasteiger partial charge in [0.2, 0.25) is 5.91 Å². The molecule has 0 radical (unpaired) electrons. The Bertz CT molecular complexity index is 1050. The number of nitrogens with one attached hydrogen (secondary N) is 2. The lowest BCUT2D eigenvalue weighted by Crippen LogP contribution is -2.20. The maximum Gasteiger partial charge on any atom is 0.272 e. The summed E-state index contributed by atoms with van der Waals surface area (Å²) in [6, 6.07) is 15.0. The number of H-pyrrole nitrogens is 1. The molecule has 1 amide bonds. The number of fused-ring (bicyclic) bond motifs is 1. The molecule has 0 spiro atoms. The van der Waals surface area contributed by atoms with E-state index >= 15 is 0 Å². The normalized spacial score (nSPS) is 14.3. The van der Waals surface area contributed by atoms with Crippen molar-refractivity contribution in [3.63, 3.8) is 0 Å². The third-order valence-electron chi connectivity index (χ3n) is 5.44. The van der Waals surface area contributed by atoms with Gasteiger partial charge < -0.3 is 10.2 Å². The maximum atomic E-state index is 12.3. The quantitative estimate of drug-likeness (QED) is 0.602. The zero-order chi connectivity index (χ0) is 20.1. The van der Waals surface area contributed by atoms with Gasteiger partial charge in [0.15, 0.2) is 0 Å². The highest BCUT2D eigenvalue weighted by molar-refractivity contribution is 5.95. The number of nitrogens with zero attached hydrogens (tertiary/aromatic N) is 2. The van der Waals surface area contributed by atoms with E-state index < -0.39 is 0 Å². The average molecular weight is 390 g/mol. The Morgan fingerprint density at radius 2 is 1.83 bits per heavy atom. The average Bonchev–Trinajstić information content (AvgIpc) is 3.25. The fourth-order valence-electron chi connectivity index (χ4n) is 3.93. The Balaban J connectivity index is 1.41. The zero-order valence-electron chi connectivity index (χ0n) is 16.5. The molecular formula is C23H26N4O2. The fraction of sp³-hybridized carbons (Fsp3) is 0.348. The number of likely N-dealkylation sites (tertiary alicyclic amines) is 1. The standard InChI is InChI=1S/C23H26N4O2/c28-21(12-3-4-13-27-14-5-6-15-27)24-18-9-7-8-17(16-18)22-19-10-1-2-11-20(19)23(29)26-25-22/h1-2,7-11,16H,3-6,12-15H2,(H,24,28)(H,26,29). The molecular weight excluding hydrogens is 364 g/mol. The van der Waals surface area contributed by atoms with Gasteiger partial charge in [0.1, 0.15) is 0 Å². The number of amides is 1. The van der Waals surface area contributed by atoms with Gasteiger partial charge in [-0.25, -0.2) is 5.10 Å². The zero-order valence-corrected chi connectivity index (χ0v) is 16.5. The third kappa shape index (κ3) is 4.71. The molecule has 2 heterocycles. The van der Waals surface area contributed by atoms with E-state index in [4.69, 9.17) is 0 Å². The number of rotatable bonds is 7. The summed E-state index contributed by atoms with van der Waals surface area (Å²) in [6.07, 6.45) is 5.08. The van der Waals surface area contributed by atoms with Gasteiger partial charge in [0, 0.05) is 23.1 Å². The number of aromatic amines is 1. The second kappa shape index (κ2) is 9.01. The topological polar surface area (TPSA) is 78.1 Å². The summed E-state index contributed by atoms with van der Waals surface area (Å²) in [4.78, 5) is 26.8. The molecule has 1 fully saturated rings. The lowest BCUT2D eigenvalue weighted by atomic mass is 10.0. The second-order valence-corrected chi connectivity index (χ2v) is 7.58. The van der Waals surface area contributed by atoms with Crippen molar-refractivity contribution in [1.29, 1.82) is 0 Å². The summed E-state index contributed by atoms with van der Waals surface area (Å²) in [6.45, 7) is 3.49. The van der Waals surface area contributed by atoms with Gasteiger partial charge in [0.25, 0.3) is 5.56 Å². The van der Waals surface area contributed by atoms with Crippen molar-refractivity contribution in [3.8, 4) is 11.3 Å². The van der Waals surface area contributed by atoms with E-state index in [-0.39, 0.29) is 11.5 Å². The summed E-state index contributed by atoms with van der Waals surface area (Å²) < 4.78 is 0. The molecule has 150 valence electrons. The number of aromatic nitrogens is 2. The maximum absolute atomic E-state index is 12.3. The van der Waals surface area contributed by atoms with Crippen molar-refractivity contribution < 1.29 is 4.79 Å². The summed E-state index contributed by atoms with van der Waals surface area (Å²) in [5.41, 5.74) is 2.08. The first-order valence-electron chi connectivity index (χ1n) is 10.3. The van der Waals surface area contributed by atoms with Crippen LogP contribution in [0.2, 0.25) is 0 Å². The van der Waals surface area contributed by atoms with E-state index in [0.29, 0.717) is 17.5 Å². The van der Waals surface area contributed by atoms with Crippen LogP contribution in [-0.2, 0) is 4.79 Å². The Labute approximate surface area is 169 Å². The highest BCUT2D eigenvalue weighted by Crippen LogP contribution is 2.26. The second-order valence-electron chi connectivity index (χ2n) is 7.58. The van der Waals surface area contributed by atoms with Gasteiger partial charge in [-0.15, -0.1) is 0 Å². The van der Waals surface area contributed by atoms with E-state index in [1.165, 1.54) is 25.9 Å². The van der Waals surface area contributed by atoms with Crippen LogP contribution in [0.3, 0.4) is 0 Å². The molecule has 4 rings (SSSR count). The molecule has 3 aromatic rings. The van der Waals surface area contributed by atoms with Gasteiger partial charge in [-0.1, -0.05) is 30.3 Å². The van der Waals surface area contributed by atoms with Gasteiger partial charge in [-0.05, 0) is 63.5 Å². The van der Waals surface area contributed by atoms with Crippen LogP contribution in [0.4, 0.5) is 5.69 Å². The summed E-state index contributed by atoms with van der Waals surface area (Å²) in [5, 5.41) is 11.2. The summed E-state index contributed by atoms with van der Waals surface area (Å²) in [7, 11) is 0. The van der Waals surface area contributed by atoms with Crippen LogP contribution in [0.5, 0.6) is 0 Å². The molecule has 2 aromatic carbocycles. The number of hydrogen-bond donors (Lipinski definition) is 2. The number of carbonyl (C=O) groups excluding carboxylic acids is 1. The Kier molecular flexibility index (Phi) is 6.00. The van der Waals surface area contributed by atoms with E-state index in [0.717, 1.165) is 36.0 Å². The first kappa shape index (κ1) is 19.3. The predicted molar refractivity (Wildman–Crippen MR) is 116 cm³/mol. The van der Waals surface area contributed by atoms with Crippen molar-refractivity contribution in [2.75, 3.05) is 25.0 Å². The van der Waals surface area contributed by atoms with Gasteiger partial charge >= 0.3 is 0 Å². The number of anilines is 1. The summed E-state index contributed by atoms with van der Waals surface area (Å²) >= 11 is 0. The largest absolute Gasteiger partial charge is 0.326 e. The van der Waals surface area contributed by atoms with Crippen molar-refractivity contribution >= 4 is 22.4 Å². The smallest absolute Gasteiger partial charge is 0.272 e. The predicted octanol–water partition coefficient (Wildman–Crippen LogP) is 3.79. The van der Waals surface area contributed by atoms with Crippen LogP contribution in [0.25, 0.3) is 22.0 Å². The summed E-state index contributed by atoms with van der Waals surface area (Å²) in [5.74, 6) is 0.0304. The first-order valence-corrected chi connectivity index (χ1v) is 10.3. The van der Waals surface area contributed by atoms with E-state index in [1.807, 2.05) is 42.5 Å². The molecule has 0 unspecified atom stereocenters. The van der Waals surface area contributed by atoms with Gasteiger partial charge in [-0.2, -0.15) is 5.10 Å². The van der Waals surface area contributed by atoms with Crippen molar-refractivity contribution in [2.24, 2.45) is 0 Å². The van der Waals surface area contributed by atoms with Crippen molar-refractivity contribution in [3.05, 3.63) is 58.9 Å². The molecule has 2 N–H and O–H groups in total. The molecule has 6 heteroatoms. The van der Waals surface area contributed by atoms with Crippen LogP contribution in [0.15, 0.2) is 53.3 Å². The first-order chi connectivity index (χ1) is 14.2.